The number of nitrogens with one attached hydrogen (secondary N) is 2. The third kappa shape index (κ3) is 2.68. The van der Waals surface area contributed by atoms with Crippen LogP contribution in [0.25, 0.3) is 0 Å². The van der Waals surface area contributed by atoms with Gasteiger partial charge < -0.3 is 5.32 Å². The van der Waals surface area contributed by atoms with E-state index in [-0.39, 0.29) is 10.0 Å². The van der Waals surface area contributed by atoms with Crippen LogP contribution in [0.5, 0.6) is 0 Å². The number of halogens is 1. The topological polar surface area (TPSA) is 41.1 Å². The summed E-state index contributed by atoms with van der Waals surface area (Å²) in [5, 5.41) is 3.36. The maximum absolute atomic E-state index is 13.4. The molecule has 0 saturated heterocycles. The van der Waals surface area contributed by atoms with Crippen molar-refractivity contribution in [2.75, 3.05) is 7.05 Å². The summed E-state index contributed by atoms with van der Waals surface area (Å²) in [6.07, 6.45) is 3.71. The van der Waals surface area contributed by atoms with E-state index in [1.807, 2.05) is 0 Å². The van der Waals surface area contributed by atoms with Gasteiger partial charge in [0.2, 0.25) is 0 Å². The maximum atomic E-state index is 13.4. The Morgan fingerprint density at radius 3 is 2.94 bits per heavy atom. The second-order valence-corrected chi connectivity index (χ2v) is 6.58. The van der Waals surface area contributed by atoms with E-state index in [1.54, 1.807) is 7.05 Å². The quantitative estimate of drug-likeness (QED) is 0.849. The molecule has 2 N–H and O–H groups in total. The Morgan fingerprint density at radius 1 is 1.62 bits per heavy atom. The van der Waals surface area contributed by atoms with E-state index in [0.717, 1.165) is 4.88 Å². The van der Waals surface area contributed by atoms with E-state index < -0.39 is 11.0 Å². The van der Waals surface area contributed by atoms with Crippen molar-refractivity contribution in [1.29, 1.82) is 0 Å². The van der Waals surface area contributed by atoms with Gasteiger partial charge in [0.15, 0.2) is 5.82 Å². The van der Waals surface area contributed by atoms with E-state index in [0.29, 0.717) is 12.6 Å². The SMILES string of the molecule is CNS(=O)c1sc(CNC2CCC2)cc1F. The van der Waals surface area contributed by atoms with Crippen LogP contribution in [0.15, 0.2) is 10.3 Å². The molecule has 0 aromatic carbocycles. The Labute approximate surface area is 101 Å². The lowest BCUT2D eigenvalue weighted by atomic mass is 9.93. The highest BCUT2D eigenvalue weighted by Crippen LogP contribution is 2.25. The van der Waals surface area contributed by atoms with Crippen LogP contribution < -0.4 is 10.0 Å². The van der Waals surface area contributed by atoms with Gasteiger partial charge in [-0.3, -0.25) is 0 Å². The first-order valence-corrected chi connectivity index (χ1v) is 7.28. The molecule has 1 aromatic heterocycles. The van der Waals surface area contributed by atoms with Crippen molar-refractivity contribution in [3.8, 4) is 0 Å². The Hall–Kier alpha value is -0.300. The molecule has 16 heavy (non-hydrogen) atoms. The zero-order chi connectivity index (χ0) is 11.5. The number of thiophene rings is 1. The van der Waals surface area contributed by atoms with Gasteiger partial charge in [-0.1, -0.05) is 6.42 Å². The molecule has 3 nitrogen and oxygen atoms in total. The van der Waals surface area contributed by atoms with Crippen molar-refractivity contribution < 1.29 is 8.60 Å². The van der Waals surface area contributed by atoms with Crippen LogP contribution in [0.2, 0.25) is 0 Å². The number of hydrogen-bond acceptors (Lipinski definition) is 3. The summed E-state index contributed by atoms with van der Waals surface area (Å²) in [7, 11) is 0.140. The molecule has 0 radical (unpaired) electrons. The summed E-state index contributed by atoms with van der Waals surface area (Å²) in [5.74, 6) is -0.372. The number of rotatable bonds is 5. The summed E-state index contributed by atoms with van der Waals surface area (Å²) in [6.45, 7) is 0.674. The first-order chi connectivity index (χ1) is 7.70. The van der Waals surface area contributed by atoms with Crippen molar-refractivity contribution in [3.63, 3.8) is 0 Å². The van der Waals surface area contributed by atoms with Crippen LogP contribution in [0.4, 0.5) is 4.39 Å². The predicted octanol–water partition coefficient (Wildman–Crippen LogP) is 1.77. The summed E-state index contributed by atoms with van der Waals surface area (Å²) >= 11 is 1.27. The molecular formula is C10H15FN2OS2. The molecule has 1 heterocycles. The van der Waals surface area contributed by atoms with Gasteiger partial charge in [0.1, 0.15) is 15.2 Å². The molecule has 0 bridgehead atoms. The van der Waals surface area contributed by atoms with Crippen molar-refractivity contribution in [1.82, 2.24) is 10.0 Å². The predicted molar refractivity (Wildman–Crippen MR) is 64.2 cm³/mol. The van der Waals surface area contributed by atoms with Crippen molar-refractivity contribution in [3.05, 3.63) is 16.8 Å². The summed E-state index contributed by atoms with van der Waals surface area (Å²) in [4.78, 5) is 0.906. The van der Waals surface area contributed by atoms with E-state index in [1.165, 1.54) is 36.7 Å². The lowest BCUT2D eigenvalue weighted by molar-refractivity contribution is 0.339. The summed E-state index contributed by atoms with van der Waals surface area (Å²) in [5.41, 5.74) is 0. The lowest BCUT2D eigenvalue weighted by Crippen LogP contribution is -2.34. The Kier molecular flexibility index (Phi) is 4.07. The molecule has 0 amide bonds. The zero-order valence-electron chi connectivity index (χ0n) is 9.09. The average molecular weight is 262 g/mol. The molecule has 2 rings (SSSR count). The standard InChI is InChI=1S/C10H15FN2OS2/c1-12-16(14)10-9(11)5-8(15-10)6-13-7-3-2-4-7/h5,7,12-13H,2-4,6H2,1H3. The fourth-order valence-corrected chi connectivity index (χ4v) is 3.57. The molecule has 1 aliphatic rings. The molecule has 1 aliphatic carbocycles. The zero-order valence-corrected chi connectivity index (χ0v) is 10.7. The third-order valence-corrected chi connectivity index (χ3v) is 5.24. The molecule has 1 aromatic rings. The first-order valence-electron chi connectivity index (χ1n) is 5.31. The Bertz CT molecular complexity index is 390. The third-order valence-electron chi connectivity index (χ3n) is 2.73. The number of hydrogen-bond donors (Lipinski definition) is 2. The van der Waals surface area contributed by atoms with Crippen LogP contribution in [-0.2, 0) is 17.5 Å². The van der Waals surface area contributed by atoms with Crippen LogP contribution in [-0.4, -0.2) is 17.3 Å². The van der Waals surface area contributed by atoms with Crippen molar-refractivity contribution >= 4 is 22.3 Å². The van der Waals surface area contributed by atoms with Crippen LogP contribution in [0.1, 0.15) is 24.1 Å². The van der Waals surface area contributed by atoms with Gasteiger partial charge in [0.25, 0.3) is 0 Å². The highest BCUT2D eigenvalue weighted by atomic mass is 32.2. The van der Waals surface area contributed by atoms with Crippen LogP contribution >= 0.6 is 11.3 Å². The van der Waals surface area contributed by atoms with Gasteiger partial charge in [-0.05, 0) is 26.0 Å². The molecule has 1 atom stereocenters. The summed E-state index contributed by atoms with van der Waals surface area (Å²) in [6, 6.07) is 2.06. The smallest absolute Gasteiger partial charge is 0.151 e. The maximum Gasteiger partial charge on any atom is 0.151 e. The van der Waals surface area contributed by atoms with E-state index in [4.69, 9.17) is 0 Å². The molecule has 0 aliphatic heterocycles. The fraction of sp³-hybridized carbons (Fsp3) is 0.600. The first kappa shape index (κ1) is 12.2. The molecule has 90 valence electrons. The monoisotopic (exact) mass is 262 g/mol. The second kappa shape index (κ2) is 5.35. The molecule has 0 spiro atoms. The molecule has 6 heteroatoms. The minimum Gasteiger partial charge on any atom is -0.309 e. The molecular weight excluding hydrogens is 247 g/mol. The summed E-state index contributed by atoms with van der Waals surface area (Å²) < 4.78 is 27.7. The normalized spacial score (nSPS) is 18.4. The van der Waals surface area contributed by atoms with Gasteiger partial charge in [-0.15, -0.1) is 11.3 Å². The molecule has 1 fully saturated rings. The lowest BCUT2D eigenvalue weighted by Gasteiger charge is -2.26. The largest absolute Gasteiger partial charge is 0.309 e. The van der Waals surface area contributed by atoms with Gasteiger partial charge in [0.05, 0.1) is 0 Å². The molecule has 1 unspecified atom stereocenters. The minimum atomic E-state index is -1.42. The van der Waals surface area contributed by atoms with Gasteiger partial charge in [-0.25, -0.2) is 13.3 Å². The van der Waals surface area contributed by atoms with Crippen LogP contribution in [0, 0.1) is 5.82 Å². The Morgan fingerprint density at radius 2 is 2.38 bits per heavy atom. The average Bonchev–Trinajstić information content (AvgIpc) is 2.56. The highest BCUT2D eigenvalue weighted by molar-refractivity contribution is 7.85. The van der Waals surface area contributed by atoms with Gasteiger partial charge in [0, 0.05) is 17.5 Å². The highest BCUT2D eigenvalue weighted by Gasteiger charge is 2.18. The fourth-order valence-electron chi connectivity index (χ4n) is 1.56. The van der Waals surface area contributed by atoms with Crippen LogP contribution in [0.3, 0.4) is 0 Å². The van der Waals surface area contributed by atoms with Crippen molar-refractivity contribution in [2.45, 2.75) is 36.1 Å². The Balaban J connectivity index is 1.96. The minimum absolute atomic E-state index is 0.285. The van der Waals surface area contributed by atoms with Crippen molar-refractivity contribution in [2.24, 2.45) is 0 Å². The van der Waals surface area contributed by atoms with Gasteiger partial charge in [-0.2, -0.15) is 0 Å². The van der Waals surface area contributed by atoms with E-state index in [2.05, 4.69) is 10.0 Å². The molecule has 1 saturated carbocycles. The van der Waals surface area contributed by atoms with E-state index in [9.17, 15) is 8.60 Å². The second-order valence-electron chi connectivity index (χ2n) is 3.83. The van der Waals surface area contributed by atoms with E-state index >= 15 is 0 Å². The van der Waals surface area contributed by atoms with Gasteiger partial charge >= 0.3 is 0 Å².